The van der Waals surface area contributed by atoms with Crippen LogP contribution >= 0.6 is 0 Å². The van der Waals surface area contributed by atoms with Gasteiger partial charge in [-0.05, 0) is 19.3 Å². The summed E-state index contributed by atoms with van der Waals surface area (Å²) in [5, 5.41) is 9.08. The van der Waals surface area contributed by atoms with Gasteiger partial charge in [0.1, 0.15) is 12.3 Å². The second-order valence-electron chi connectivity index (χ2n) is 14.8. The fraction of sp³-hybridized carbons (Fsp3) is 0.923. The Morgan fingerprint density at radius 2 is 0.911 bits per heavy atom. The van der Waals surface area contributed by atoms with E-state index in [1.807, 2.05) is 21.1 Å². The summed E-state index contributed by atoms with van der Waals surface area (Å²) in [5.41, 5.74) is 0. The molecule has 266 valence electrons. The van der Waals surface area contributed by atoms with E-state index >= 15 is 0 Å². The molecule has 0 aliphatic rings. The number of esters is 1. The minimum atomic E-state index is -0.931. The van der Waals surface area contributed by atoms with Gasteiger partial charge in [0.2, 0.25) is 0 Å². The second-order valence-corrected chi connectivity index (χ2v) is 14.8. The van der Waals surface area contributed by atoms with Gasteiger partial charge in [-0.15, -0.1) is 0 Å². The lowest BCUT2D eigenvalue weighted by Crippen LogP contribution is -2.43. The number of hydrogen-bond acceptors (Lipinski definition) is 4. The number of carboxylic acid groups (broad SMARTS) is 1. The number of likely N-dealkylation sites (N-methyl/N-ethyl adjacent to an activating group) is 1. The third-order valence-corrected chi connectivity index (χ3v) is 8.85. The summed E-state index contributed by atoms with van der Waals surface area (Å²) in [6.07, 6.45) is 34.4. The molecular formula is C39H76NO5+. The van der Waals surface area contributed by atoms with Gasteiger partial charge in [-0.3, -0.25) is 14.4 Å². The SMILES string of the molecule is CCCCCCCCCCCCCCC[14C](=O)CCCCCCCCCCCCCCCC(=O)OC(CC(=O)O)C[N+](C)(C)C. The van der Waals surface area contributed by atoms with E-state index in [2.05, 4.69) is 6.92 Å². The molecular weight excluding hydrogens is 564 g/mol. The van der Waals surface area contributed by atoms with Crippen LogP contribution in [0.4, 0.5) is 0 Å². The summed E-state index contributed by atoms with van der Waals surface area (Å²) in [5.74, 6) is -0.719. The van der Waals surface area contributed by atoms with Crippen LogP contribution in [0.2, 0.25) is 0 Å². The molecule has 0 heterocycles. The molecule has 1 N–H and O–H groups in total. The molecule has 6 nitrogen and oxygen atoms in total. The van der Waals surface area contributed by atoms with Crippen molar-refractivity contribution in [1.82, 2.24) is 0 Å². The van der Waals surface area contributed by atoms with E-state index in [-0.39, 0.29) is 12.4 Å². The van der Waals surface area contributed by atoms with Crippen LogP contribution < -0.4 is 0 Å². The number of carboxylic acids is 1. The maximum Gasteiger partial charge on any atom is 0.307 e. The van der Waals surface area contributed by atoms with Crippen LogP contribution in [0.1, 0.15) is 200 Å². The zero-order chi connectivity index (χ0) is 33.4. The van der Waals surface area contributed by atoms with Crippen molar-refractivity contribution >= 4 is 17.7 Å². The van der Waals surface area contributed by atoms with Crippen LogP contribution in [0.3, 0.4) is 0 Å². The lowest BCUT2D eigenvalue weighted by atomic mass is 10.0. The molecule has 0 rings (SSSR count). The standard InChI is InChI=1S/C39H75NO5/c1-5-6-7-8-9-10-11-13-16-19-22-25-28-31-36(41)32-29-26-23-20-17-14-12-15-18-21-24-27-30-33-39(44)45-37(34-38(42)43)35-40(2,3)4/h37H,5-35H2,1-4H3/p+1/i36+2. The van der Waals surface area contributed by atoms with Gasteiger partial charge in [0.25, 0.3) is 0 Å². The fourth-order valence-corrected chi connectivity index (χ4v) is 6.19. The maximum atomic E-state index is 12.2. The summed E-state index contributed by atoms with van der Waals surface area (Å²) >= 11 is 0. The molecule has 1 atom stereocenters. The molecule has 0 saturated heterocycles. The van der Waals surface area contributed by atoms with E-state index in [1.165, 1.54) is 135 Å². The molecule has 0 amide bonds. The van der Waals surface area contributed by atoms with E-state index in [4.69, 9.17) is 9.84 Å². The molecule has 0 aliphatic heterocycles. The first-order chi connectivity index (χ1) is 21.6. The molecule has 0 aromatic heterocycles. The molecule has 0 aromatic rings. The highest BCUT2D eigenvalue weighted by atomic mass is 16.5. The number of Topliss-reactive ketones (excluding diaryl/α,β-unsaturated/α-hetero) is 1. The molecule has 0 spiro atoms. The lowest BCUT2D eigenvalue weighted by Gasteiger charge is -2.28. The average Bonchev–Trinajstić information content (AvgIpc) is 2.96. The van der Waals surface area contributed by atoms with E-state index in [0.717, 1.165) is 44.9 Å². The van der Waals surface area contributed by atoms with Crippen LogP contribution in [-0.4, -0.2) is 61.1 Å². The van der Waals surface area contributed by atoms with Crippen molar-refractivity contribution in [2.24, 2.45) is 0 Å². The monoisotopic (exact) mass is 641 g/mol. The highest BCUT2D eigenvalue weighted by Gasteiger charge is 2.24. The van der Waals surface area contributed by atoms with Crippen molar-refractivity contribution in [3.8, 4) is 0 Å². The van der Waals surface area contributed by atoms with Gasteiger partial charge in [0.15, 0.2) is 6.10 Å². The first-order valence-electron chi connectivity index (χ1n) is 19.4. The topological polar surface area (TPSA) is 80.7 Å². The molecule has 0 bridgehead atoms. The number of carbonyl (C=O) groups is 3. The first-order valence-corrected chi connectivity index (χ1v) is 19.4. The number of rotatable bonds is 35. The van der Waals surface area contributed by atoms with Gasteiger partial charge < -0.3 is 14.3 Å². The van der Waals surface area contributed by atoms with Crippen LogP contribution in [0.5, 0.6) is 0 Å². The quantitative estimate of drug-likeness (QED) is 0.0423. The molecule has 0 saturated carbocycles. The summed E-state index contributed by atoms with van der Waals surface area (Å²) in [7, 11) is 5.90. The number of ether oxygens (including phenoxy) is 1. The fourth-order valence-electron chi connectivity index (χ4n) is 6.19. The molecule has 45 heavy (non-hydrogen) atoms. The molecule has 0 radical (unpaired) electrons. The Bertz CT molecular complexity index is 702. The van der Waals surface area contributed by atoms with E-state index in [0.29, 0.717) is 23.2 Å². The zero-order valence-corrected chi connectivity index (χ0v) is 30.5. The lowest BCUT2D eigenvalue weighted by molar-refractivity contribution is -0.873. The smallest absolute Gasteiger partial charge is 0.307 e. The Hall–Kier alpha value is -1.43. The van der Waals surface area contributed by atoms with Crippen LogP contribution in [-0.2, 0) is 19.1 Å². The minimum Gasteiger partial charge on any atom is -0.481 e. The second kappa shape index (κ2) is 31.2. The number of ketones is 1. The van der Waals surface area contributed by atoms with Crippen molar-refractivity contribution in [3.63, 3.8) is 0 Å². The summed E-state index contributed by atoms with van der Waals surface area (Å²) in [6, 6.07) is 0. The van der Waals surface area contributed by atoms with Crippen molar-refractivity contribution < 1.29 is 28.7 Å². The Labute approximate surface area is 279 Å². The zero-order valence-electron chi connectivity index (χ0n) is 30.5. The van der Waals surface area contributed by atoms with Gasteiger partial charge in [-0.25, -0.2) is 0 Å². The Morgan fingerprint density at radius 1 is 0.578 bits per heavy atom. The van der Waals surface area contributed by atoms with E-state index < -0.39 is 12.1 Å². The van der Waals surface area contributed by atoms with Crippen molar-refractivity contribution in [2.45, 2.75) is 206 Å². The van der Waals surface area contributed by atoms with Crippen LogP contribution in [0, 0.1) is 0 Å². The van der Waals surface area contributed by atoms with E-state index in [9.17, 15) is 14.4 Å². The summed E-state index contributed by atoms with van der Waals surface area (Å²) < 4.78 is 6.02. The molecule has 0 aromatic carbocycles. The van der Waals surface area contributed by atoms with Gasteiger partial charge in [0, 0.05) is 19.3 Å². The normalized spacial score (nSPS) is 12.4. The third kappa shape index (κ3) is 35.3. The van der Waals surface area contributed by atoms with Gasteiger partial charge in [-0.1, -0.05) is 155 Å². The van der Waals surface area contributed by atoms with Gasteiger partial charge >= 0.3 is 11.9 Å². The Balaban J connectivity index is 3.40. The number of carbonyl (C=O) groups excluding carboxylic acids is 2. The van der Waals surface area contributed by atoms with Gasteiger partial charge in [-0.2, -0.15) is 0 Å². The maximum absolute atomic E-state index is 12.2. The molecule has 1 unspecified atom stereocenters. The summed E-state index contributed by atoms with van der Waals surface area (Å²) in [4.78, 5) is 35.4. The number of aliphatic carboxylic acids is 1. The highest BCUT2D eigenvalue weighted by Crippen LogP contribution is 2.16. The first kappa shape index (κ1) is 43.6. The number of hydrogen-bond donors (Lipinski definition) is 1. The van der Waals surface area contributed by atoms with Crippen LogP contribution in [0.15, 0.2) is 0 Å². The molecule has 6 heteroatoms. The Morgan fingerprint density at radius 3 is 1.24 bits per heavy atom. The predicted octanol–water partition coefficient (Wildman–Crippen LogP) is 11.0. The average molecular weight is 641 g/mol. The minimum absolute atomic E-state index is 0.137. The number of unbranched alkanes of at least 4 members (excludes halogenated alkanes) is 24. The number of quaternary nitrogens is 1. The largest absolute Gasteiger partial charge is 0.481 e. The van der Waals surface area contributed by atoms with E-state index in [1.54, 1.807) is 0 Å². The highest BCUT2D eigenvalue weighted by molar-refractivity contribution is 5.78. The van der Waals surface area contributed by atoms with Crippen LogP contribution in [0.25, 0.3) is 0 Å². The van der Waals surface area contributed by atoms with Crippen molar-refractivity contribution in [2.75, 3.05) is 27.7 Å². The van der Waals surface area contributed by atoms with Crippen molar-refractivity contribution in [3.05, 3.63) is 0 Å². The number of nitrogens with zero attached hydrogens (tertiary/aromatic N) is 1. The predicted molar refractivity (Wildman–Crippen MR) is 190 cm³/mol. The third-order valence-electron chi connectivity index (χ3n) is 8.85. The summed E-state index contributed by atoms with van der Waals surface area (Å²) in [6.45, 7) is 2.78. The molecule has 0 fully saturated rings. The van der Waals surface area contributed by atoms with Gasteiger partial charge in [0.05, 0.1) is 27.6 Å². The van der Waals surface area contributed by atoms with Crippen molar-refractivity contribution in [1.29, 1.82) is 0 Å². The molecule has 0 aliphatic carbocycles. The Kier molecular flexibility index (Phi) is 30.2.